The lowest BCUT2D eigenvalue weighted by Crippen LogP contribution is -2.40. The van der Waals surface area contributed by atoms with Crippen molar-refractivity contribution in [3.05, 3.63) is 69.5 Å². The average molecular weight is 436 g/mol. The van der Waals surface area contributed by atoms with Gasteiger partial charge >= 0.3 is 6.03 Å². The Morgan fingerprint density at radius 1 is 1.19 bits per heavy atom. The number of H-pyrrole nitrogens is 1. The van der Waals surface area contributed by atoms with E-state index in [1.54, 1.807) is 36.3 Å². The average Bonchev–Trinajstić information content (AvgIpc) is 3.30. The van der Waals surface area contributed by atoms with Crippen LogP contribution in [0.2, 0.25) is 0 Å². The van der Waals surface area contributed by atoms with Gasteiger partial charge in [0.15, 0.2) is 0 Å². The molecular formula is C25H29N3O4. The lowest BCUT2D eigenvalue weighted by Gasteiger charge is -2.26. The Labute approximate surface area is 187 Å². The van der Waals surface area contributed by atoms with Crippen LogP contribution in [0.5, 0.6) is 5.75 Å². The Morgan fingerprint density at radius 3 is 2.62 bits per heavy atom. The summed E-state index contributed by atoms with van der Waals surface area (Å²) in [7, 11) is 1.60. The first kappa shape index (κ1) is 21.9. The van der Waals surface area contributed by atoms with Crippen molar-refractivity contribution in [3.8, 4) is 5.75 Å². The molecule has 0 saturated carbocycles. The Hall–Kier alpha value is -3.32. The lowest BCUT2D eigenvalue weighted by atomic mass is 10.0. The van der Waals surface area contributed by atoms with Gasteiger partial charge in [0.1, 0.15) is 5.75 Å². The summed E-state index contributed by atoms with van der Waals surface area (Å²) in [5.74, 6) is 0.715. The molecule has 0 spiro atoms. The van der Waals surface area contributed by atoms with Gasteiger partial charge in [-0.2, -0.15) is 0 Å². The fraction of sp³-hybridized carbons (Fsp3) is 0.360. The number of benzene rings is 2. The summed E-state index contributed by atoms with van der Waals surface area (Å²) in [5, 5.41) is 3.92. The van der Waals surface area contributed by atoms with E-state index in [-0.39, 0.29) is 24.2 Å². The largest absolute Gasteiger partial charge is 0.497 e. The second-order valence-corrected chi connectivity index (χ2v) is 8.29. The van der Waals surface area contributed by atoms with Gasteiger partial charge in [0.25, 0.3) is 5.56 Å². The first-order chi connectivity index (χ1) is 15.4. The number of nitrogens with one attached hydrogen (secondary N) is 2. The molecule has 2 amide bonds. The van der Waals surface area contributed by atoms with Crippen molar-refractivity contribution in [1.82, 2.24) is 9.88 Å². The van der Waals surface area contributed by atoms with Crippen LogP contribution in [0.25, 0.3) is 10.9 Å². The topological polar surface area (TPSA) is 83.7 Å². The number of anilines is 1. The standard InChI is InChI=1S/C25H29N3O4/c1-16-6-7-17(2)23-22(16)13-18(24(29)27-23)14-28(15-21-5-4-12-32-21)25(30)26-19-8-10-20(31-3)11-9-19/h6-11,13,21H,4-5,12,14-15H2,1-3H3,(H,26,30)(H,27,29)/t21-/m0/s1. The van der Waals surface area contributed by atoms with Crippen LogP contribution in [0.15, 0.2) is 47.3 Å². The second-order valence-electron chi connectivity index (χ2n) is 8.29. The minimum absolute atomic E-state index is 0.0277. The van der Waals surface area contributed by atoms with Gasteiger partial charge in [-0.25, -0.2) is 4.79 Å². The van der Waals surface area contributed by atoms with Crippen molar-refractivity contribution in [1.29, 1.82) is 0 Å². The molecule has 1 atom stereocenters. The van der Waals surface area contributed by atoms with E-state index < -0.39 is 0 Å². The SMILES string of the molecule is COc1ccc(NC(=O)N(Cc2cc3c(C)ccc(C)c3[nH]c2=O)C[C@@H]2CCCO2)cc1. The molecule has 1 aliphatic rings. The molecule has 0 radical (unpaired) electrons. The molecule has 32 heavy (non-hydrogen) atoms. The van der Waals surface area contributed by atoms with Crippen LogP contribution in [-0.2, 0) is 11.3 Å². The first-order valence-electron chi connectivity index (χ1n) is 10.9. The molecule has 2 heterocycles. The fourth-order valence-electron chi connectivity index (χ4n) is 4.07. The molecule has 0 bridgehead atoms. The Bertz CT molecular complexity index is 1160. The van der Waals surface area contributed by atoms with Crippen molar-refractivity contribution >= 4 is 22.6 Å². The summed E-state index contributed by atoms with van der Waals surface area (Å²) in [4.78, 5) is 30.7. The Balaban J connectivity index is 1.61. The molecule has 0 unspecified atom stereocenters. The number of rotatable bonds is 6. The summed E-state index contributed by atoms with van der Waals surface area (Å²) < 4.78 is 10.9. The number of pyridine rings is 1. The highest BCUT2D eigenvalue weighted by Gasteiger charge is 2.24. The van der Waals surface area contributed by atoms with Gasteiger partial charge in [-0.15, -0.1) is 0 Å². The molecule has 4 rings (SSSR count). The number of fused-ring (bicyclic) bond motifs is 1. The third-order valence-corrected chi connectivity index (χ3v) is 5.96. The highest BCUT2D eigenvalue weighted by atomic mass is 16.5. The number of aryl methyl sites for hydroxylation is 2. The predicted octanol–water partition coefficient (Wildman–Crippen LogP) is 4.37. The van der Waals surface area contributed by atoms with Crippen LogP contribution >= 0.6 is 0 Å². The molecule has 3 aromatic rings. The minimum Gasteiger partial charge on any atom is -0.497 e. The fourth-order valence-corrected chi connectivity index (χ4v) is 4.07. The maximum atomic E-state index is 13.2. The van der Waals surface area contributed by atoms with Crippen LogP contribution in [0, 0.1) is 13.8 Å². The van der Waals surface area contributed by atoms with Crippen LogP contribution < -0.4 is 15.6 Å². The van der Waals surface area contributed by atoms with Crippen LogP contribution in [0.4, 0.5) is 10.5 Å². The number of hydrogen-bond acceptors (Lipinski definition) is 4. The molecule has 1 aromatic heterocycles. The van der Waals surface area contributed by atoms with Crippen molar-refractivity contribution in [2.75, 3.05) is 25.6 Å². The maximum Gasteiger partial charge on any atom is 0.322 e. The normalized spacial score (nSPS) is 15.7. The van der Waals surface area contributed by atoms with Crippen molar-refractivity contribution in [3.63, 3.8) is 0 Å². The van der Waals surface area contributed by atoms with Gasteiger partial charge in [0, 0.05) is 29.8 Å². The zero-order valence-corrected chi connectivity index (χ0v) is 18.7. The van der Waals surface area contributed by atoms with E-state index in [4.69, 9.17) is 9.47 Å². The van der Waals surface area contributed by atoms with Crippen molar-refractivity contribution in [2.24, 2.45) is 0 Å². The molecule has 2 aromatic carbocycles. The van der Waals surface area contributed by atoms with E-state index in [0.717, 1.165) is 34.9 Å². The number of carbonyl (C=O) groups excluding carboxylic acids is 1. The molecule has 168 valence electrons. The van der Waals surface area contributed by atoms with Gasteiger partial charge in [-0.3, -0.25) is 4.79 Å². The summed E-state index contributed by atoms with van der Waals surface area (Å²) in [5.41, 5.74) is 3.97. The van der Waals surface area contributed by atoms with Gasteiger partial charge in [0.05, 0.1) is 25.3 Å². The minimum atomic E-state index is -0.272. The summed E-state index contributed by atoms with van der Waals surface area (Å²) in [6, 6.07) is 12.8. The molecule has 1 fully saturated rings. The number of aromatic nitrogens is 1. The number of methoxy groups -OCH3 is 1. The van der Waals surface area contributed by atoms with Crippen LogP contribution in [0.3, 0.4) is 0 Å². The van der Waals surface area contributed by atoms with Gasteiger partial charge in [-0.1, -0.05) is 12.1 Å². The van der Waals surface area contributed by atoms with E-state index in [1.165, 1.54) is 0 Å². The predicted molar refractivity (Wildman–Crippen MR) is 125 cm³/mol. The molecule has 7 heteroatoms. The van der Waals surface area contributed by atoms with Gasteiger partial charge < -0.3 is 24.7 Å². The van der Waals surface area contributed by atoms with E-state index in [2.05, 4.69) is 10.3 Å². The lowest BCUT2D eigenvalue weighted by molar-refractivity contribution is 0.0818. The summed E-state index contributed by atoms with van der Waals surface area (Å²) in [6.45, 7) is 5.31. The third kappa shape index (κ3) is 4.78. The maximum absolute atomic E-state index is 13.2. The smallest absolute Gasteiger partial charge is 0.322 e. The van der Waals surface area contributed by atoms with Crippen molar-refractivity contribution in [2.45, 2.75) is 39.3 Å². The highest BCUT2D eigenvalue weighted by molar-refractivity contribution is 5.89. The molecule has 1 saturated heterocycles. The number of carbonyl (C=O) groups is 1. The quantitative estimate of drug-likeness (QED) is 0.602. The van der Waals surface area contributed by atoms with Gasteiger partial charge in [-0.05, 0) is 68.1 Å². The Kier molecular flexibility index (Phi) is 6.46. The number of ether oxygens (including phenoxy) is 2. The van der Waals surface area contributed by atoms with Gasteiger partial charge in [0.2, 0.25) is 0 Å². The zero-order chi connectivity index (χ0) is 22.7. The summed E-state index contributed by atoms with van der Waals surface area (Å²) >= 11 is 0. The molecular weight excluding hydrogens is 406 g/mol. The number of amides is 2. The monoisotopic (exact) mass is 435 g/mol. The van der Waals surface area contributed by atoms with E-state index >= 15 is 0 Å². The van der Waals surface area contributed by atoms with Crippen LogP contribution in [-0.4, -0.2) is 42.3 Å². The number of hydrogen-bond donors (Lipinski definition) is 2. The van der Waals surface area contributed by atoms with E-state index in [9.17, 15) is 9.59 Å². The second kappa shape index (κ2) is 9.44. The Morgan fingerprint density at radius 2 is 1.94 bits per heavy atom. The zero-order valence-electron chi connectivity index (χ0n) is 18.7. The number of urea groups is 1. The number of nitrogens with zero attached hydrogens (tertiary/aromatic N) is 1. The molecule has 7 nitrogen and oxygen atoms in total. The van der Waals surface area contributed by atoms with Crippen molar-refractivity contribution < 1.29 is 14.3 Å². The number of aromatic amines is 1. The van der Waals surface area contributed by atoms with Crippen LogP contribution in [0.1, 0.15) is 29.5 Å². The molecule has 2 N–H and O–H groups in total. The van der Waals surface area contributed by atoms with E-state index in [1.807, 2.05) is 32.0 Å². The molecule has 0 aliphatic carbocycles. The highest BCUT2D eigenvalue weighted by Crippen LogP contribution is 2.22. The third-order valence-electron chi connectivity index (χ3n) is 5.96. The van der Waals surface area contributed by atoms with E-state index in [0.29, 0.717) is 30.2 Å². The first-order valence-corrected chi connectivity index (χ1v) is 10.9. The molecule has 1 aliphatic heterocycles. The summed E-state index contributed by atoms with van der Waals surface area (Å²) in [6.07, 6.45) is 1.85.